The first-order chi connectivity index (χ1) is 8.56. The van der Waals surface area contributed by atoms with Crippen molar-refractivity contribution in [2.24, 2.45) is 11.8 Å². The predicted molar refractivity (Wildman–Crippen MR) is 70.8 cm³/mol. The van der Waals surface area contributed by atoms with Gasteiger partial charge in [0.05, 0.1) is 11.9 Å². The molecule has 2 N–H and O–H groups in total. The number of aromatic nitrogens is 1. The summed E-state index contributed by atoms with van der Waals surface area (Å²) in [4.78, 5) is 14.6. The van der Waals surface area contributed by atoms with Crippen LogP contribution in [0.1, 0.15) is 43.6 Å². The summed E-state index contributed by atoms with van der Waals surface area (Å²) in [6.07, 6.45) is 5.19. The molecule has 0 spiro atoms. The Balaban J connectivity index is 1.95. The lowest BCUT2D eigenvalue weighted by Crippen LogP contribution is -2.30. The number of anilines is 1. The number of hydrogen-bond donors (Lipinski definition) is 2. The largest absolute Gasteiger partial charge is 0.477 e. The molecule has 0 aromatic carbocycles. The van der Waals surface area contributed by atoms with Crippen molar-refractivity contribution in [1.29, 1.82) is 0 Å². The Morgan fingerprint density at radius 1 is 1.33 bits per heavy atom. The Kier molecular flexibility index (Phi) is 3.84. The molecule has 0 radical (unpaired) electrons. The maximum atomic E-state index is 10.7. The summed E-state index contributed by atoms with van der Waals surface area (Å²) in [5.41, 5.74) is 0.998. The molecule has 0 aliphatic heterocycles. The van der Waals surface area contributed by atoms with Gasteiger partial charge < -0.3 is 10.4 Å². The highest BCUT2D eigenvalue weighted by Gasteiger charge is 2.24. The molecule has 3 atom stereocenters. The number of rotatable bonds is 3. The minimum atomic E-state index is -0.985. The molecule has 1 aromatic heterocycles. The van der Waals surface area contributed by atoms with Gasteiger partial charge in [0.15, 0.2) is 0 Å². The van der Waals surface area contributed by atoms with Crippen LogP contribution in [0.25, 0.3) is 0 Å². The average molecular weight is 248 g/mol. The SMILES string of the molecule is CC1CCC(Nc2ccc(C(=O)O)nc2)CC1C. The van der Waals surface area contributed by atoms with E-state index in [2.05, 4.69) is 24.1 Å². The van der Waals surface area contributed by atoms with E-state index in [1.807, 2.05) is 0 Å². The lowest BCUT2D eigenvalue weighted by atomic mass is 9.79. The number of nitrogens with zero attached hydrogens (tertiary/aromatic N) is 1. The van der Waals surface area contributed by atoms with Gasteiger partial charge in [-0.05, 0) is 43.2 Å². The van der Waals surface area contributed by atoms with Crippen LogP contribution in [-0.2, 0) is 0 Å². The van der Waals surface area contributed by atoms with E-state index in [0.717, 1.165) is 17.5 Å². The van der Waals surface area contributed by atoms with Crippen LogP contribution >= 0.6 is 0 Å². The number of aromatic carboxylic acids is 1. The number of carboxylic acid groups (broad SMARTS) is 1. The molecule has 1 aliphatic carbocycles. The van der Waals surface area contributed by atoms with Gasteiger partial charge in [-0.25, -0.2) is 9.78 Å². The Bertz CT molecular complexity index is 416. The summed E-state index contributed by atoms with van der Waals surface area (Å²) < 4.78 is 0. The minimum Gasteiger partial charge on any atom is -0.477 e. The summed E-state index contributed by atoms with van der Waals surface area (Å²) in [5.74, 6) is 0.555. The van der Waals surface area contributed by atoms with Gasteiger partial charge >= 0.3 is 5.97 Å². The maximum absolute atomic E-state index is 10.7. The fourth-order valence-electron chi connectivity index (χ4n) is 2.52. The lowest BCUT2D eigenvalue weighted by Gasteiger charge is -2.33. The first-order valence-electron chi connectivity index (χ1n) is 6.52. The van der Waals surface area contributed by atoms with Crippen LogP contribution in [0.5, 0.6) is 0 Å². The molecule has 4 heteroatoms. The van der Waals surface area contributed by atoms with E-state index in [4.69, 9.17) is 5.11 Å². The van der Waals surface area contributed by atoms with E-state index in [-0.39, 0.29) is 5.69 Å². The number of carboxylic acids is 1. The number of carbonyl (C=O) groups is 1. The van der Waals surface area contributed by atoms with E-state index < -0.39 is 5.97 Å². The standard InChI is InChI=1S/C14H20N2O2/c1-9-3-4-11(7-10(9)2)16-12-5-6-13(14(17)18)15-8-12/h5-6,8-11,16H,3-4,7H2,1-2H3,(H,17,18). The summed E-state index contributed by atoms with van der Waals surface area (Å²) in [5, 5.41) is 12.2. The highest BCUT2D eigenvalue weighted by molar-refractivity contribution is 5.85. The van der Waals surface area contributed by atoms with E-state index in [1.54, 1.807) is 18.3 Å². The van der Waals surface area contributed by atoms with Crippen molar-refractivity contribution in [1.82, 2.24) is 4.98 Å². The molecule has 1 heterocycles. The highest BCUT2D eigenvalue weighted by atomic mass is 16.4. The monoisotopic (exact) mass is 248 g/mol. The zero-order valence-corrected chi connectivity index (χ0v) is 10.9. The molecule has 1 saturated carbocycles. The van der Waals surface area contributed by atoms with Gasteiger partial charge in [0, 0.05) is 6.04 Å². The van der Waals surface area contributed by atoms with Crippen LogP contribution in [-0.4, -0.2) is 22.1 Å². The molecule has 1 aliphatic rings. The first-order valence-corrected chi connectivity index (χ1v) is 6.52. The van der Waals surface area contributed by atoms with Crippen LogP contribution in [0.2, 0.25) is 0 Å². The second-order valence-corrected chi connectivity index (χ2v) is 5.35. The molecule has 0 bridgehead atoms. The molecule has 3 unspecified atom stereocenters. The Labute approximate surface area is 107 Å². The second-order valence-electron chi connectivity index (χ2n) is 5.35. The lowest BCUT2D eigenvalue weighted by molar-refractivity contribution is 0.0690. The Morgan fingerprint density at radius 3 is 2.67 bits per heavy atom. The number of pyridine rings is 1. The fourth-order valence-corrected chi connectivity index (χ4v) is 2.52. The van der Waals surface area contributed by atoms with Crippen molar-refractivity contribution >= 4 is 11.7 Å². The van der Waals surface area contributed by atoms with E-state index in [9.17, 15) is 4.79 Å². The topological polar surface area (TPSA) is 62.2 Å². The van der Waals surface area contributed by atoms with Crippen molar-refractivity contribution in [3.63, 3.8) is 0 Å². The van der Waals surface area contributed by atoms with Crippen molar-refractivity contribution in [2.45, 2.75) is 39.2 Å². The summed E-state index contributed by atoms with van der Waals surface area (Å²) >= 11 is 0. The third-order valence-corrected chi connectivity index (χ3v) is 3.95. The summed E-state index contributed by atoms with van der Waals surface area (Å²) in [6.45, 7) is 4.61. The zero-order valence-electron chi connectivity index (χ0n) is 10.9. The normalized spacial score (nSPS) is 27.8. The van der Waals surface area contributed by atoms with Crippen molar-refractivity contribution in [3.8, 4) is 0 Å². The molecule has 0 amide bonds. The van der Waals surface area contributed by atoms with Gasteiger partial charge in [0.1, 0.15) is 5.69 Å². The summed E-state index contributed by atoms with van der Waals surface area (Å²) in [7, 11) is 0. The van der Waals surface area contributed by atoms with Gasteiger partial charge in [0.25, 0.3) is 0 Å². The van der Waals surface area contributed by atoms with Crippen LogP contribution in [0.3, 0.4) is 0 Å². The van der Waals surface area contributed by atoms with E-state index >= 15 is 0 Å². The molecule has 1 aromatic rings. The second kappa shape index (κ2) is 5.38. The van der Waals surface area contributed by atoms with Gasteiger partial charge in [-0.1, -0.05) is 13.8 Å². The van der Waals surface area contributed by atoms with Gasteiger partial charge in [-0.2, -0.15) is 0 Å². The smallest absolute Gasteiger partial charge is 0.354 e. The van der Waals surface area contributed by atoms with E-state index in [0.29, 0.717) is 6.04 Å². The zero-order chi connectivity index (χ0) is 13.1. The quantitative estimate of drug-likeness (QED) is 0.863. The minimum absolute atomic E-state index is 0.0891. The fraction of sp³-hybridized carbons (Fsp3) is 0.571. The molecule has 0 saturated heterocycles. The van der Waals surface area contributed by atoms with Gasteiger partial charge in [-0.15, -0.1) is 0 Å². The molecule has 1 fully saturated rings. The molecule has 18 heavy (non-hydrogen) atoms. The third kappa shape index (κ3) is 3.00. The third-order valence-electron chi connectivity index (χ3n) is 3.95. The predicted octanol–water partition coefficient (Wildman–Crippen LogP) is 3.02. The van der Waals surface area contributed by atoms with Crippen LogP contribution in [0.4, 0.5) is 5.69 Å². The maximum Gasteiger partial charge on any atom is 0.354 e. The molecular formula is C14H20N2O2. The van der Waals surface area contributed by atoms with Crippen molar-refractivity contribution in [2.75, 3.05) is 5.32 Å². The molecule has 2 rings (SSSR count). The van der Waals surface area contributed by atoms with Crippen LogP contribution < -0.4 is 5.32 Å². The molecular weight excluding hydrogens is 228 g/mol. The van der Waals surface area contributed by atoms with Crippen molar-refractivity contribution < 1.29 is 9.90 Å². The van der Waals surface area contributed by atoms with Crippen LogP contribution in [0, 0.1) is 11.8 Å². The van der Waals surface area contributed by atoms with Gasteiger partial charge in [0.2, 0.25) is 0 Å². The Hall–Kier alpha value is -1.58. The van der Waals surface area contributed by atoms with Crippen molar-refractivity contribution in [3.05, 3.63) is 24.0 Å². The van der Waals surface area contributed by atoms with Crippen LogP contribution in [0.15, 0.2) is 18.3 Å². The summed E-state index contributed by atoms with van der Waals surface area (Å²) in [6, 6.07) is 3.81. The Morgan fingerprint density at radius 2 is 2.11 bits per heavy atom. The molecule has 98 valence electrons. The number of hydrogen-bond acceptors (Lipinski definition) is 3. The van der Waals surface area contributed by atoms with Gasteiger partial charge in [-0.3, -0.25) is 0 Å². The highest BCUT2D eigenvalue weighted by Crippen LogP contribution is 2.30. The first kappa shape index (κ1) is 12.9. The number of nitrogens with one attached hydrogen (secondary N) is 1. The van der Waals surface area contributed by atoms with E-state index in [1.165, 1.54) is 19.3 Å². The molecule has 4 nitrogen and oxygen atoms in total. The average Bonchev–Trinajstić information content (AvgIpc) is 2.34.